The number of halogens is 19. The standard InChI is InChI=1S/C12H9ClF18Si/c1-32(2,13)4(14)3-5(15,16)6(17,18)7(19,20)8(21,22)9(23,24)10(25,26)11(27,28)12(29,30)31/h4H,3H2,1-2H3. The summed E-state index contributed by atoms with van der Waals surface area (Å²) < 4.78 is 235. The molecule has 0 N–H and O–H groups in total. The summed E-state index contributed by atoms with van der Waals surface area (Å²) in [6.07, 6.45) is -11.0. The van der Waals surface area contributed by atoms with E-state index in [4.69, 9.17) is 11.1 Å². The fraction of sp³-hybridized carbons (Fsp3) is 1.00. The largest absolute Gasteiger partial charge is 0.460 e. The Hall–Kier alpha value is -0.753. The van der Waals surface area contributed by atoms with Gasteiger partial charge in [-0.2, -0.15) is 85.7 Å². The third-order valence-corrected chi connectivity index (χ3v) is 6.37. The SMILES string of the molecule is C[Si](C)(Cl)C(F)CC(F)(F)C(F)(F)C(F)(F)C(F)(F)C(F)(F)C(F)(F)C(F)(F)C(F)(F)F. The van der Waals surface area contributed by atoms with Crippen LogP contribution in [0.3, 0.4) is 0 Å². The summed E-state index contributed by atoms with van der Waals surface area (Å²) in [6, 6.07) is 0. The van der Waals surface area contributed by atoms with Gasteiger partial charge in [0.1, 0.15) is 5.79 Å². The molecule has 0 fully saturated rings. The maximum Gasteiger partial charge on any atom is 0.460 e. The van der Waals surface area contributed by atoms with Gasteiger partial charge in [0.05, 0.1) is 0 Å². The molecule has 0 aliphatic rings. The summed E-state index contributed by atoms with van der Waals surface area (Å²) >= 11 is 5.21. The van der Waals surface area contributed by atoms with Crippen LogP contribution >= 0.6 is 11.1 Å². The molecular weight excluding hydrogens is 550 g/mol. The van der Waals surface area contributed by atoms with Gasteiger partial charge in [-0.25, -0.2) is 4.39 Å². The first-order chi connectivity index (χ1) is 13.4. The number of alkyl halides is 18. The second-order valence-corrected chi connectivity index (χ2v) is 13.6. The smallest absolute Gasteiger partial charge is 0.250 e. The minimum absolute atomic E-state index is 0.605. The quantitative estimate of drug-likeness (QED) is 0.155. The molecule has 0 rings (SSSR count). The van der Waals surface area contributed by atoms with Crippen molar-refractivity contribution in [2.45, 2.75) is 72.9 Å². The molecule has 0 aliphatic heterocycles. The fourth-order valence-electron chi connectivity index (χ4n) is 1.79. The van der Waals surface area contributed by atoms with Crippen molar-refractivity contribution >= 4 is 18.5 Å². The van der Waals surface area contributed by atoms with Crippen LogP contribution in [0, 0.1) is 0 Å². The lowest BCUT2D eigenvalue weighted by molar-refractivity contribution is -0.462. The Labute approximate surface area is 171 Å². The topological polar surface area (TPSA) is 0 Å². The van der Waals surface area contributed by atoms with E-state index in [2.05, 4.69) is 0 Å². The molecule has 0 spiro atoms. The van der Waals surface area contributed by atoms with Crippen LogP contribution < -0.4 is 0 Å². The van der Waals surface area contributed by atoms with E-state index in [9.17, 15) is 79.0 Å². The van der Waals surface area contributed by atoms with Crippen molar-refractivity contribution in [3.8, 4) is 0 Å². The van der Waals surface area contributed by atoms with Gasteiger partial charge in [-0.15, -0.1) is 0 Å². The van der Waals surface area contributed by atoms with Crippen LogP contribution in [-0.4, -0.2) is 60.8 Å². The van der Waals surface area contributed by atoms with Crippen molar-refractivity contribution in [1.29, 1.82) is 0 Å². The van der Waals surface area contributed by atoms with E-state index in [1.54, 1.807) is 0 Å². The van der Waals surface area contributed by atoms with Crippen LogP contribution in [0.5, 0.6) is 0 Å². The highest BCUT2D eigenvalue weighted by molar-refractivity contribution is 7.19. The normalized spacial score (nSPS) is 17.5. The Balaban J connectivity index is 6.66. The van der Waals surface area contributed by atoms with Gasteiger partial charge in [-0.1, -0.05) is 13.1 Å². The van der Waals surface area contributed by atoms with Gasteiger partial charge in [-0.05, 0) is 0 Å². The molecule has 0 amide bonds. The average Bonchev–Trinajstić information content (AvgIpc) is 2.51. The van der Waals surface area contributed by atoms with Crippen LogP contribution in [0.4, 0.5) is 79.0 Å². The molecule has 0 saturated heterocycles. The Bertz CT molecular complexity index is 674. The minimum Gasteiger partial charge on any atom is -0.250 e. The Morgan fingerprint density at radius 2 is 0.781 bits per heavy atom. The molecule has 0 saturated carbocycles. The fourth-order valence-corrected chi connectivity index (χ4v) is 2.77. The molecule has 0 bridgehead atoms. The molecule has 194 valence electrons. The van der Waals surface area contributed by atoms with Gasteiger partial charge in [0.2, 0.25) is 0 Å². The van der Waals surface area contributed by atoms with E-state index < -0.39 is 67.2 Å². The van der Waals surface area contributed by atoms with Gasteiger partial charge in [0, 0.05) is 6.42 Å². The summed E-state index contributed by atoms with van der Waals surface area (Å²) in [4.78, 5) is 0. The third kappa shape index (κ3) is 4.35. The first-order valence-electron chi connectivity index (χ1n) is 7.42. The molecule has 0 aromatic heterocycles. The highest BCUT2D eigenvalue weighted by Crippen LogP contribution is 2.64. The number of hydrogen-bond donors (Lipinski definition) is 0. The molecule has 20 heteroatoms. The van der Waals surface area contributed by atoms with Crippen molar-refractivity contribution in [2.75, 3.05) is 0 Å². The lowest BCUT2D eigenvalue weighted by Gasteiger charge is -2.43. The molecule has 0 aromatic rings. The van der Waals surface area contributed by atoms with Crippen LogP contribution in [-0.2, 0) is 0 Å². The molecule has 1 atom stereocenters. The Morgan fingerprint density at radius 1 is 0.531 bits per heavy atom. The maximum absolute atomic E-state index is 13.5. The summed E-state index contributed by atoms with van der Waals surface area (Å²) in [7, 11) is -4.10. The molecule has 1 unspecified atom stereocenters. The molecular formula is C12H9ClF18Si. The Morgan fingerprint density at radius 3 is 1.03 bits per heavy atom. The van der Waals surface area contributed by atoms with E-state index in [0.29, 0.717) is 13.1 Å². The van der Waals surface area contributed by atoms with Gasteiger partial charge >= 0.3 is 47.6 Å². The van der Waals surface area contributed by atoms with Crippen molar-refractivity contribution in [3.63, 3.8) is 0 Å². The highest BCUT2D eigenvalue weighted by Gasteiger charge is 2.95. The number of rotatable bonds is 9. The van der Waals surface area contributed by atoms with Gasteiger partial charge in [0.25, 0.3) is 0 Å². The predicted octanol–water partition coefficient (Wildman–Crippen LogP) is 7.71. The lowest BCUT2D eigenvalue weighted by atomic mass is 9.88. The molecule has 0 heterocycles. The summed E-state index contributed by atoms with van der Waals surface area (Å²) in [5.74, 6) is -60.5. The summed E-state index contributed by atoms with van der Waals surface area (Å²) in [5.41, 5.74) is 0. The first kappa shape index (κ1) is 31.2. The van der Waals surface area contributed by atoms with E-state index in [1.807, 2.05) is 0 Å². The van der Waals surface area contributed by atoms with Crippen LogP contribution in [0.15, 0.2) is 0 Å². The zero-order valence-corrected chi connectivity index (χ0v) is 16.7. The van der Waals surface area contributed by atoms with Gasteiger partial charge < -0.3 is 0 Å². The van der Waals surface area contributed by atoms with E-state index >= 15 is 0 Å². The van der Waals surface area contributed by atoms with E-state index in [0.717, 1.165) is 0 Å². The van der Waals surface area contributed by atoms with Gasteiger partial charge in [-0.3, -0.25) is 0 Å². The third-order valence-electron chi connectivity index (χ3n) is 3.97. The van der Waals surface area contributed by atoms with E-state index in [1.165, 1.54) is 0 Å². The first-order valence-corrected chi connectivity index (χ1v) is 11.5. The van der Waals surface area contributed by atoms with Crippen LogP contribution in [0.25, 0.3) is 0 Å². The lowest BCUT2D eigenvalue weighted by Crippen LogP contribution is -2.74. The number of hydrogen-bond acceptors (Lipinski definition) is 0. The average molecular weight is 559 g/mol. The Kier molecular flexibility index (Phi) is 7.71. The minimum atomic E-state index is -8.70. The van der Waals surface area contributed by atoms with Crippen molar-refractivity contribution < 1.29 is 79.0 Å². The van der Waals surface area contributed by atoms with Crippen molar-refractivity contribution in [1.82, 2.24) is 0 Å². The predicted molar refractivity (Wildman–Crippen MR) is 73.5 cm³/mol. The molecule has 0 radical (unpaired) electrons. The monoisotopic (exact) mass is 558 g/mol. The second kappa shape index (κ2) is 7.89. The molecule has 0 aromatic carbocycles. The van der Waals surface area contributed by atoms with Crippen molar-refractivity contribution in [3.05, 3.63) is 0 Å². The van der Waals surface area contributed by atoms with Crippen LogP contribution in [0.2, 0.25) is 13.1 Å². The zero-order chi connectivity index (χ0) is 26.8. The molecule has 32 heavy (non-hydrogen) atoms. The highest BCUT2D eigenvalue weighted by atomic mass is 35.6. The second-order valence-electron chi connectivity index (χ2n) is 6.88. The molecule has 0 aliphatic carbocycles. The van der Waals surface area contributed by atoms with Gasteiger partial charge in [0.15, 0.2) is 7.38 Å². The summed E-state index contributed by atoms with van der Waals surface area (Å²) in [5, 5.41) is 0. The molecule has 0 nitrogen and oxygen atoms in total. The van der Waals surface area contributed by atoms with Crippen molar-refractivity contribution in [2.24, 2.45) is 0 Å². The van der Waals surface area contributed by atoms with Crippen LogP contribution in [0.1, 0.15) is 6.42 Å². The zero-order valence-electron chi connectivity index (χ0n) is 15.0. The van der Waals surface area contributed by atoms with E-state index in [-0.39, 0.29) is 0 Å². The maximum atomic E-state index is 13.5. The summed E-state index contributed by atoms with van der Waals surface area (Å²) in [6.45, 7) is 1.21.